The molecule has 2 saturated heterocycles. The number of aromatic nitrogens is 3. The van der Waals surface area contributed by atoms with E-state index in [-0.39, 0.29) is 18.1 Å². The van der Waals surface area contributed by atoms with Crippen molar-refractivity contribution in [2.24, 2.45) is 13.0 Å². The van der Waals surface area contributed by atoms with Gasteiger partial charge in [-0.05, 0) is 61.7 Å². The molecule has 4 aromatic rings. The van der Waals surface area contributed by atoms with Gasteiger partial charge in [0.25, 0.3) is 5.56 Å². The molecule has 2 aromatic carbocycles. The fourth-order valence-corrected chi connectivity index (χ4v) is 5.78. The molecule has 4 heterocycles. The molecule has 0 spiro atoms. The number of pyridine rings is 1. The molecule has 2 aliphatic rings. The van der Waals surface area contributed by atoms with Crippen LogP contribution in [-0.4, -0.2) is 63.4 Å². The van der Waals surface area contributed by atoms with Gasteiger partial charge in [0.15, 0.2) is 0 Å². The van der Waals surface area contributed by atoms with Gasteiger partial charge < -0.3 is 19.3 Å². The second-order valence-electron chi connectivity index (χ2n) is 10.8. The van der Waals surface area contributed by atoms with Gasteiger partial charge in [-0.15, -0.1) is 0 Å². The molecule has 8 heteroatoms. The van der Waals surface area contributed by atoms with Gasteiger partial charge in [-0.25, -0.2) is 9.97 Å². The van der Waals surface area contributed by atoms with Gasteiger partial charge in [0.05, 0.1) is 17.5 Å². The van der Waals surface area contributed by atoms with E-state index in [4.69, 9.17) is 9.72 Å². The zero-order valence-electron chi connectivity index (χ0n) is 22.4. The number of aryl methyl sites for hydroxylation is 1. The van der Waals surface area contributed by atoms with Gasteiger partial charge in [-0.1, -0.05) is 30.3 Å². The Bertz CT molecular complexity index is 1490. The van der Waals surface area contributed by atoms with Crippen LogP contribution in [0.5, 0.6) is 5.75 Å². The second-order valence-corrected chi connectivity index (χ2v) is 10.8. The highest BCUT2D eigenvalue weighted by Crippen LogP contribution is 2.31. The standard InChI is InChI=1S/C31H35N5O3/c1-34-21-32-28-16-27(33-30(29(28)31(34)38)36-15-13-23(18-36)19-37)24-9-11-26(12-10-24)39-20-25-8-5-14-35(25)17-22-6-3-2-4-7-22/h2-4,6-7,9-12,16,21,23,25,37H,5,8,13-15,17-20H2,1H3/t23-,25+/m0/s1. The summed E-state index contributed by atoms with van der Waals surface area (Å²) in [6, 6.07) is 20.9. The first-order valence-electron chi connectivity index (χ1n) is 13.8. The molecule has 202 valence electrons. The molecule has 39 heavy (non-hydrogen) atoms. The van der Waals surface area contributed by atoms with Crippen molar-refractivity contribution >= 4 is 16.7 Å². The maximum Gasteiger partial charge on any atom is 0.264 e. The van der Waals surface area contributed by atoms with E-state index < -0.39 is 0 Å². The van der Waals surface area contributed by atoms with Crippen LogP contribution in [0, 0.1) is 5.92 Å². The Hall–Kier alpha value is -3.75. The average molecular weight is 526 g/mol. The topological polar surface area (TPSA) is 83.7 Å². The Kier molecular flexibility index (Phi) is 7.30. The SMILES string of the molecule is Cn1cnc2cc(-c3ccc(OC[C@H]4CCCN4Cc4ccccc4)cc3)nc(N3CC[C@H](CO)C3)c2c1=O. The fraction of sp³-hybridized carbons (Fsp3) is 0.387. The number of aliphatic hydroxyl groups excluding tert-OH is 1. The Balaban J connectivity index is 1.20. The van der Waals surface area contributed by atoms with Crippen molar-refractivity contribution in [3.63, 3.8) is 0 Å². The third-order valence-corrected chi connectivity index (χ3v) is 8.05. The predicted octanol–water partition coefficient (Wildman–Crippen LogP) is 3.86. The Morgan fingerprint density at radius 3 is 2.64 bits per heavy atom. The molecule has 0 amide bonds. The minimum absolute atomic E-state index is 0.113. The Morgan fingerprint density at radius 2 is 1.87 bits per heavy atom. The maximum absolute atomic E-state index is 13.0. The van der Waals surface area contributed by atoms with Crippen LogP contribution in [0.25, 0.3) is 22.2 Å². The number of aliphatic hydroxyl groups is 1. The molecule has 0 aliphatic carbocycles. The van der Waals surface area contributed by atoms with Crippen LogP contribution in [0.2, 0.25) is 0 Å². The second kappa shape index (κ2) is 11.2. The number of hydrogen-bond donors (Lipinski definition) is 1. The largest absolute Gasteiger partial charge is 0.492 e. The van der Waals surface area contributed by atoms with Crippen molar-refractivity contribution in [1.29, 1.82) is 0 Å². The number of likely N-dealkylation sites (tertiary alicyclic amines) is 1. The summed E-state index contributed by atoms with van der Waals surface area (Å²) in [6.07, 6.45) is 4.78. The lowest BCUT2D eigenvalue weighted by Gasteiger charge is -2.24. The lowest BCUT2D eigenvalue weighted by molar-refractivity contribution is 0.167. The van der Waals surface area contributed by atoms with Gasteiger partial charge in [-0.3, -0.25) is 9.69 Å². The highest BCUT2D eigenvalue weighted by Gasteiger charge is 2.27. The number of hydrogen-bond acceptors (Lipinski definition) is 7. The molecule has 8 nitrogen and oxygen atoms in total. The summed E-state index contributed by atoms with van der Waals surface area (Å²) in [5, 5.41) is 10.2. The van der Waals surface area contributed by atoms with E-state index >= 15 is 0 Å². The van der Waals surface area contributed by atoms with E-state index in [1.54, 1.807) is 13.4 Å². The summed E-state index contributed by atoms with van der Waals surface area (Å²) in [5.41, 5.74) is 3.56. The highest BCUT2D eigenvalue weighted by atomic mass is 16.5. The van der Waals surface area contributed by atoms with E-state index in [2.05, 4.69) is 45.1 Å². The van der Waals surface area contributed by atoms with Crippen LogP contribution in [0.3, 0.4) is 0 Å². The van der Waals surface area contributed by atoms with Crippen molar-refractivity contribution in [1.82, 2.24) is 19.4 Å². The number of fused-ring (bicyclic) bond motifs is 1. The van der Waals surface area contributed by atoms with Gasteiger partial charge in [-0.2, -0.15) is 0 Å². The van der Waals surface area contributed by atoms with Crippen LogP contribution in [0.15, 0.2) is 71.8 Å². The third-order valence-electron chi connectivity index (χ3n) is 8.05. The molecule has 2 atom stereocenters. The lowest BCUT2D eigenvalue weighted by atomic mass is 10.1. The monoisotopic (exact) mass is 525 g/mol. The van der Waals surface area contributed by atoms with Gasteiger partial charge in [0.1, 0.15) is 23.6 Å². The molecule has 1 N–H and O–H groups in total. The molecule has 2 fully saturated rings. The number of ether oxygens (including phenoxy) is 1. The first kappa shape index (κ1) is 25.5. The molecule has 2 aliphatic heterocycles. The quantitative estimate of drug-likeness (QED) is 0.374. The van der Waals surface area contributed by atoms with Crippen molar-refractivity contribution < 1.29 is 9.84 Å². The zero-order chi connectivity index (χ0) is 26.8. The Labute approximate surface area is 228 Å². The maximum atomic E-state index is 13.0. The van der Waals surface area contributed by atoms with Crippen molar-refractivity contribution in [2.45, 2.75) is 31.8 Å². The van der Waals surface area contributed by atoms with Gasteiger partial charge in [0, 0.05) is 50.8 Å². The summed E-state index contributed by atoms with van der Waals surface area (Å²) in [5.74, 6) is 1.67. The minimum atomic E-state index is -0.113. The highest BCUT2D eigenvalue weighted by molar-refractivity contribution is 5.92. The van der Waals surface area contributed by atoms with Crippen LogP contribution in [0.1, 0.15) is 24.8 Å². The lowest BCUT2D eigenvalue weighted by Crippen LogP contribution is -2.33. The van der Waals surface area contributed by atoms with E-state index in [0.717, 1.165) is 49.5 Å². The smallest absolute Gasteiger partial charge is 0.264 e. The first-order valence-corrected chi connectivity index (χ1v) is 13.8. The molecular weight excluding hydrogens is 490 g/mol. The van der Waals surface area contributed by atoms with Crippen LogP contribution in [-0.2, 0) is 13.6 Å². The fourth-order valence-electron chi connectivity index (χ4n) is 5.78. The van der Waals surface area contributed by atoms with Gasteiger partial charge in [0.2, 0.25) is 0 Å². The minimum Gasteiger partial charge on any atom is -0.492 e. The van der Waals surface area contributed by atoms with Crippen LogP contribution >= 0.6 is 0 Å². The van der Waals surface area contributed by atoms with E-state index in [1.807, 2.05) is 30.3 Å². The predicted molar refractivity (Wildman–Crippen MR) is 153 cm³/mol. The molecule has 6 rings (SSSR count). The molecule has 0 radical (unpaired) electrons. The molecule has 0 unspecified atom stereocenters. The third kappa shape index (κ3) is 5.40. The number of benzene rings is 2. The molecular formula is C31H35N5O3. The summed E-state index contributed by atoms with van der Waals surface area (Å²) in [6.45, 7) is 4.29. The number of rotatable bonds is 8. The Morgan fingerprint density at radius 1 is 1.05 bits per heavy atom. The van der Waals surface area contributed by atoms with Gasteiger partial charge >= 0.3 is 0 Å². The summed E-state index contributed by atoms with van der Waals surface area (Å²) < 4.78 is 7.72. The summed E-state index contributed by atoms with van der Waals surface area (Å²) in [4.78, 5) is 27.2. The van der Waals surface area contributed by atoms with Crippen LogP contribution < -0.4 is 15.2 Å². The van der Waals surface area contributed by atoms with Crippen molar-refractivity contribution in [2.75, 3.05) is 37.7 Å². The van der Waals surface area contributed by atoms with E-state index in [0.29, 0.717) is 35.9 Å². The first-order chi connectivity index (χ1) is 19.1. The number of nitrogens with zero attached hydrogens (tertiary/aromatic N) is 5. The summed E-state index contributed by atoms with van der Waals surface area (Å²) in [7, 11) is 1.71. The van der Waals surface area contributed by atoms with Crippen molar-refractivity contribution in [3.8, 4) is 17.0 Å². The molecule has 0 saturated carbocycles. The molecule has 0 bridgehead atoms. The van der Waals surface area contributed by atoms with E-state index in [9.17, 15) is 9.90 Å². The summed E-state index contributed by atoms with van der Waals surface area (Å²) >= 11 is 0. The number of anilines is 1. The van der Waals surface area contributed by atoms with Crippen molar-refractivity contribution in [3.05, 3.63) is 82.9 Å². The zero-order valence-corrected chi connectivity index (χ0v) is 22.4. The molecule has 2 aromatic heterocycles. The van der Waals surface area contributed by atoms with E-state index in [1.165, 1.54) is 16.6 Å². The normalized spacial score (nSPS) is 19.7. The van der Waals surface area contributed by atoms with Crippen LogP contribution in [0.4, 0.5) is 5.82 Å². The average Bonchev–Trinajstić information content (AvgIpc) is 3.64.